The van der Waals surface area contributed by atoms with E-state index in [4.69, 9.17) is 0 Å². The Bertz CT molecular complexity index is 983. The molecule has 24 heavy (non-hydrogen) atoms. The van der Waals surface area contributed by atoms with Crippen molar-refractivity contribution in [3.05, 3.63) is 69.9 Å². The Morgan fingerprint density at radius 2 is 1.67 bits per heavy atom. The number of fused-ring (bicyclic) bond motifs is 8. The van der Waals surface area contributed by atoms with E-state index in [2.05, 4.69) is 81.3 Å². The normalized spacial score (nSPS) is 29.3. The summed E-state index contributed by atoms with van der Waals surface area (Å²) in [7, 11) is 0. The number of hydrogen-bond acceptors (Lipinski definition) is 2. The summed E-state index contributed by atoms with van der Waals surface area (Å²) >= 11 is 0. The van der Waals surface area contributed by atoms with Gasteiger partial charge in [-0.3, -0.25) is 0 Å². The third-order valence-corrected chi connectivity index (χ3v) is 4.75. The second kappa shape index (κ2) is 5.34. The lowest BCUT2D eigenvalue weighted by Gasteiger charge is -2.06. The van der Waals surface area contributed by atoms with E-state index < -0.39 is 0 Å². The SMILES string of the molecule is C1=CC2/C=c3/cc/c([nH]3)=C/C3CC/C(=C/c4ccc([nH]4)C=C1N2)N3. The number of hydrogen-bond donors (Lipinski definition) is 4. The molecule has 0 radical (unpaired) electrons. The molecule has 4 N–H and O–H groups in total. The van der Waals surface area contributed by atoms with Gasteiger partial charge in [0.2, 0.25) is 0 Å². The van der Waals surface area contributed by atoms with E-state index in [1.165, 1.54) is 11.0 Å². The van der Waals surface area contributed by atoms with Crippen molar-refractivity contribution in [2.24, 2.45) is 0 Å². The predicted octanol–water partition coefficient (Wildman–Crippen LogP) is 1.58. The van der Waals surface area contributed by atoms with Gasteiger partial charge in [0.15, 0.2) is 0 Å². The highest BCUT2D eigenvalue weighted by atomic mass is 15.0. The summed E-state index contributed by atoms with van der Waals surface area (Å²) in [5.74, 6) is 0. The van der Waals surface area contributed by atoms with Crippen LogP contribution in [0.2, 0.25) is 0 Å². The minimum atomic E-state index is 0.223. The maximum atomic E-state index is 3.62. The van der Waals surface area contributed by atoms with Crippen molar-refractivity contribution in [2.45, 2.75) is 24.9 Å². The maximum absolute atomic E-state index is 3.62. The number of aromatic amines is 2. The van der Waals surface area contributed by atoms with Crippen molar-refractivity contribution < 1.29 is 0 Å². The molecule has 2 aromatic rings. The van der Waals surface area contributed by atoms with E-state index in [0.29, 0.717) is 6.04 Å². The Morgan fingerprint density at radius 3 is 2.58 bits per heavy atom. The molecule has 1 fully saturated rings. The van der Waals surface area contributed by atoms with Gasteiger partial charge >= 0.3 is 0 Å². The lowest BCUT2D eigenvalue weighted by molar-refractivity contribution is 0.781. The Kier molecular flexibility index (Phi) is 3.01. The fourth-order valence-electron chi connectivity index (χ4n) is 3.60. The number of allylic oxidation sites excluding steroid dienone is 2. The molecule has 3 aliphatic rings. The highest BCUT2D eigenvalue weighted by molar-refractivity contribution is 5.60. The minimum Gasteiger partial charge on any atom is -0.382 e. The van der Waals surface area contributed by atoms with Crippen LogP contribution in [0.5, 0.6) is 0 Å². The molecular formula is C20H20N4. The lowest BCUT2D eigenvalue weighted by atomic mass is 10.2. The Balaban J connectivity index is 1.61. The van der Waals surface area contributed by atoms with E-state index in [9.17, 15) is 0 Å². The smallest absolute Gasteiger partial charge is 0.0655 e. The van der Waals surface area contributed by atoms with Crippen molar-refractivity contribution in [1.29, 1.82) is 0 Å². The van der Waals surface area contributed by atoms with Gasteiger partial charge in [-0.1, -0.05) is 6.08 Å². The quantitative estimate of drug-likeness (QED) is 0.596. The highest BCUT2D eigenvalue weighted by Gasteiger charge is 2.16. The molecule has 1 saturated heterocycles. The third kappa shape index (κ3) is 2.60. The Labute approximate surface area is 140 Å². The number of aromatic nitrogens is 2. The molecule has 0 saturated carbocycles. The van der Waals surface area contributed by atoms with Crippen molar-refractivity contribution in [1.82, 2.24) is 20.6 Å². The molecule has 5 rings (SSSR count). The number of H-pyrrole nitrogens is 2. The molecule has 2 unspecified atom stereocenters. The van der Waals surface area contributed by atoms with Crippen LogP contribution in [-0.2, 0) is 0 Å². The topological polar surface area (TPSA) is 55.6 Å². The standard InChI is InChI=1S/C20H20N4/c1-2-14-10-16-5-6-18(23-16)12-20-8-7-19(24-20)11-17-4-3-15(22-17)9-13(1)21-14/h1-6,9-13,19,21-24H,7-8H2/b14-10?,15-9-,17-11-,20-12-. The summed E-state index contributed by atoms with van der Waals surface area (Å²) in [6, 6.07) is 9.17. The van der Waals surface area contributed by atoms with Crippen molar-refractivity contribution in [3.8, 4) is 0 Å². The first-order valence-electron chi connectivity index (χ1n) is 8.51. The van der Waals surface area contributed by atoms with Gasteiger partial charge in [0.25, 0.3) is 0 Å². The van der Waals surface area contributed by atoms with Crippen LogP contribution in [-0.4, -0.2) is 22.1 Å². The largest absolute Gasteiger partial charge is 0.382 e. The molecular weight excluding hydrogens is 296 g/mol. The predicted molar refractivity (Wildman–Crippen MR) is 97.9 cm³/mol. The van der Waals surface area contributed by atoms with Gasteiger partial charge < -0.3 is 20.6 Å². The Hall–Kier alpha value is -2.88. The van der Waals surface area contributed by atoms with Crippen LogP contribution in [0.25, 0.3) is 24.3 Å². The summed E-state index contributed by atoms with van der Waals surface area (Å²) in [6.07, 6.45) is 15.4. The first kappa shape index (κ1) is 13.5. The fourth-order valence-corrected chi connectivity index (χ4v) is 3.60. The average Bonchev–Trinajstić information content (AvgIpc) is 3.32. The molecule has 5 heterocycles. The average molecular weight is 316 g/mol. The van der Waals surface area contributed by atoms with Gasteiger partial charge in [-0.25, -0.2) is 0 Å². The molecule has 0 aliphatic carbocycles. The van der Waals surface area contributed by atoms with Crippen LogP contribution in [0.3, 0.4) is 0 Å². The molecule has 4 heteroatoms. The molecule has 2 aromatic heterocycles. The van der Waals surface area contributed by atoms with Gasteiger partial charge in [0.1, 0.15) is 0 Å². The molecule has 8 bridgehead atoms. The van der Waals surface area contributed by atoms with E-state index >= 15 is 0 Å². The Morgan fingerprint density at radius 1 is 0.833 bits per heavy atom. The summed E-state index contributed by atoms with van der Waals surface area (Å²) in [5.41, 5.74) is 4.68. The molecule has 0 aromatic carbocycles. The van der Waals surface area contributed by atoms with Crippen molar-refractivity contribution in [2.75, 3.05) is 0 Å². The van der Waals surface area contributed by atoms with E-state index in [1.54, 1.807) is 0 Å². The summed E-state index contributed by atoms with van der Waals surface area (Å²) in [4.78, 5) is 6.96. The highest BCUT2D eigenvalue weighted by Crippen LogP contribution is 2.20. The van der Waals surface area contributed by atoms with Gasteiger partial charge in [-0.15, -0.1) is 0 Å². The summed E-state index contributed by atoms with van der Waals surface area (Å²) in [6.45, 7) is 0. The van der Waals surface area contributed by atoms with Gasteiger partial charge in [0.05, 0.1) is 6.04 Å². The molecule has 3 aliphatic heterocycles. The van der Waals surface area contributed by atoms with Gasteiger partial charge in [-0.2, -0.15) is 0 Å². The van der Waals surface area contributed by atoms with Crippen LogP contribution in [0.1, 0.15) is 24.2 Å². The van der Waals surface area contributed by atoms with Crippen LogP contribution in [0.4, 0.5) is 0 Å². The maximum Gasteiger partial charge on any atom is 0.0655 e. The van der Waals surface area contributed by atoms with Crippen LogP contribution < -0.4 is 21.3 Å². The van der Waals surface area contributed by atoms with Crippen LogP contribution in [0, 0.1) is 0 Å². The van der Waals surface area contributed by atoms with Crippen LogP contribution in [0.15, 0.2) is 47.8 Å². The summed E-state index contributed by atoms with van der Waals surface area (Å²) in [5, 5.41) is 9.45. The fraction of sp³-hybridized carbons (Fsp3) is 0.200. The number of nitrogens with one attached hydrogen (secondary N) is 4. The van der Waals surface area contributed by atoms with Crippen molar-refractivity contribution in [3.63, 3.8) is 0 Å². The molecule has 2 atom stereocenters. The molecule has 120 valence electrons. The number of rotatable bonds is 0. The third-order valence-electron chi connectivity index (χ3n) is 4.75. The zero-order valence-corrected chi connectivity index (χ0v) is 13.3. The minimum absolute atomic E-state index is 0.223. The molecule has 4 nitrogen and oxygen atoms in total. The molecule has 0 amide bonds. The van der Waals surface area contributed by atoms with Gasteiger partial charge in [0, 0.05) is 39.5 Å². The molecule has 0 spiro atoms. The van der Waals surface area contributed by atoms with Crippen LogP contribution >= 0.6 is 0 Å². The lowest BCUT2D eigenvalue weighted by Crippen LogP contribution is -2.24. The summed E-state index contributed by atoms with van der Waals surface area (Å²) < 4.78 is 0. The zero-order valence-electron chi connectivity index (χ0n) is 13.3. The first-order chi connectivity index (χ1) is 11.8. The first-order valence-corrected chi connectivity index (χ1v) is 8.51. The van der Waals surface area contributed by atoms with E-state index in [0.717, 1.165) is 35.3 Å². The second-order valence-corrected chi connectivity index (χ2v) is 6.66. The van der Waals surface area contributed by atoms with Crippen molar-refractivity contribution >= 4 is 24.3 Å². The second-order valence-electron chi connectivity index (χ2n) is 6.66. The zero-order chi connectivity index (χ0) is 15.9. The van der Waals surface area contributed by atoms with Gasteiger partial charge in [-0.05, 0) is 67.5 Å². The monoisotopic (exact) mass is 316 g/mol. The van der Waals surface area contributed by atoms with E-state index in [1.807, 2.05) is 0 Å². The van der Waals surface area contributed by atoms with E-state index in [-0.39, 0.29) is 6.04 Å².